The third-order valence-electron chi connectivity index (χ3n) is 2.09. The average molecular weight is 245 g/mol. The molecule has 1 heterocycles. The topological polar surface area (TPSA) is 105 Å². The molecular weight excluding hydrogens is 230 g/mol. The van der Waals surface area contributed by atoms with Crippen molar-refractivity contribution in [2.45, 2.75) is 11.3 Å². The second-order valence-electron chi connectivity index (χ2n) is 3.45. The van der Waals surface area contributed by atoms with Gasteiger partial charge in [0.15, 0.2) is 0 Å². The number of rotatable bonds is 5. The summed E-state index contributed by atoms with van der Waals surface area (Å²) in [5.74, 6) is -0.0340. The number of nitrogens with zero attached hydrogens (tertiary/aromatic N) is 3. The fourth-order valence-corrected chi connectivity index (χ4v) is 2.27. The van der Waals surface area contributed by atoms with E-state index in [-0.39, 0.29) is 23.7 Å². The second kappa shape index (κ2) is 4.62. The molecule has 0 saturated heterocycles. The van der Waals surface area contributed by atoms with E-state index in [1.54, 1.807) is 7.05 Å². The fraction of sp³-hybridized carbons (Fsp3) is 0.500. The molecule has 0 aliphatic heterocycles. The van der Waals surface area contributed by atoms with Crippen LogP contribution in [0.4, 0.5) is 0 Å². The third kappa shape index (κ3) is 2.80. The van der Waals surface area contributed by atoms with E-state index in [1.807, 2.05) is 0 Å². The third-order valence-corrected chi connectivity index (χ3v) is 3.90. The van der Waals surface area contributed by atoms with Crippen LogP contribution in [0.5, 0.6) is 0 Å². The molecule has 0 unspecified atom stereocenters. The van der Waals surface area contributed by atoms with Crippen LogP contribution in [0.15, 0.2) is 17.3 Å². The average Bonchev–Trinajstić information content (AvgIpc) is 2.61. The lowest BCUT2D eigenvalue weighted by Gasteiger charge is -2.15. The minimum absolute atomic E-state index is 0.0340. The maximum absolute atomic E-state index is 11.9. The van der Waals surface area contributed by atoms with Gasteiger partial charge in [0.1, 0.15) is 4.90 Å². The molecule has 90 valence electrons. The van der Waals surface area contributed by atoms with Gasteiger partial charge in [-0.3, -0.25) is 10.1 Å². The molecule has 0 aromatic carbocycles. The summed E-state index contributed by atoms with van der Waals surface area (Å²) in [4.78, 5) is 0.140. The molecule has 8 heteroatoms. The Labute approximate surface area is 94.4 Å². The summed E-state index contributed by atoms with van der Waals surface area (Å²) in [5.41, 5.74) is 5.17. The van der Waals surface area contributed by atoms with E-state index < -0.39 is 10.0 Å². The van der Waals surface area contributed by atoms with Gasteiger partial charge in [0.05, 0.1) is 12.0 Å². The number of aromatic nitrogens is 2. The van der Waals surface area contributed by atoms with Crippen LogP contribution in [0.2, 0.25) is 0 Å². The summed E-state index contributed by atoms with van der Waals surface area (Å²) in [6.07, 6.45) is 2.94. The molecule has 1 aromatic rings. The zero-order valence-electron chi connectivity index (χ0n) is 9.21. The molecule has 16 heavy (non-hydrogen) atoms. The Hall–Kier alpha value is -1.41. The highest BCUT2D eigenvalue weighted by molar-refractivity contribution is 7.89. The van der Waals surface area contributed by atoms with Gasteiger partial charge in [-0.05, 0) is 0 Å². The molecule has 0 bridgehead atoms. The smallest absolute Gasteiger partial charge is 0.245 e. The number of nitrogens with two attached hydrogens (primary N) is 1. The molecule has 0 atom stereocenters. The highest BCUT2D eigenvalue weighted by Crippen LogP contribution is 2.12. The van der Waals surface area contributed by atoms with E-state index in [0.717, 1.165) is 4.31 Å². The molecule has 7 nitrogen and oxygen atoms in total. The Balaban J connectivity index is 2.82. The van der Waals surface area contributed by atoms with Crippen LogP contribution in [0.25, 0.3) is 0 Å². The van der Waals surface area contributed by atoms with Crippen LogP contribution in [0, 0.1) is 5.41 Å². The summed E-state index contributed by atoms with van der Waals surface area (Å²) >= 11 is 0. The lowest BCUT2D eigenvalue weighted by atomic mass is 10.4. The number of amidine groups is 1. The zero-order chi connectivity index (χ0) is 12.3. The summed E-state index contributed by atoms with van der Waals surface area (Å²) in [6.45, 7) is 0.187. The van der Waals surface area contributed by atoms with E-state index in [4.69, 9.17) is 11.1 Å². The van der Waals surface area contributed by atoms with Gasteiger partial charge in [0.25, 0.3) is 0 Å². The van der Waals surface area contributed by atoms with Crippen molar-refractivity contribution in [2.24, 2.45) is 12.8 Å². The predicted octanol–water partition coefficient (Wildman–Crippen LogP) is -0.633. The Kier molecular flexibility index (Phi) is 3.66. The zero-order valence-corrected chi connectivity index (χ0v) is 10.0. The summed E-state index contributed by atoms with van der Waals surface area (Å²) < 4.78 is 26.4. The number of aryl methyl sites for hydroxylation is 1. The standard InChI is InChI=1S/C8H15N5O2S/c1-12-6-7(5-11-12)16(14,15)13(2)4-3-8(9)10/h5-6H,3-4H2,1-2H3,(H3,9,10). The van der Waals surface area contributed by atoms with E-state index in [2.05, 4.69) is 5.10 Å². The van der Waals surface area contributed by atoms with Crippen LogP contribution >= 0.6 is 0 Å². The van der Waals surface area contributed by atoms with Gasteiger partial charge in [0.2, 0.25) is 10.0 Å². The quantitative estimate of drug-likeness (QED) is 0.532. The van der Waals surface area contributed by atoms with Gasteiger partial charge < -0.3 is 5.73 Å². The maximum atomic E-state index is 11.9. The molecule has 1 aromatic heterocycles. The van der Waals surface area contributed by atoms with E-state index in [1.165, 1.54) is 24.1 Å². The second-order valence-corrected chi connectivity index (χ2v) is 5.50. The SMILES string of the molecule is CN(CCC(=N)N)S(=O)(=O)c1cnn(C)c1. The lowest BCUT2D eigenvalue weighted by molar-refractivity contribution is 0.478. The van der Waals surface area contributed by atoms with Crippen LogP contribution < -0.4 is 5.73 Å². The van der Waals surface area contributed by atoms with Crippen molar-refractivity contribution in [2.75, 3.05) is 13.6 Å². The highest BCUT2D eigenvalue weighted by Gasteiger charge is 2.21. The normalized spacial score (nSPS) is 11.9. The van der Waals surface area contributed by atoms with Gasteiger partial charge in [-0.15, -0.1) is 0 Å². The molecular formula is C8H15N5O2S. The van der Waals surface area contributed by atoms with Crippen LogP contribution in [0.1, 0.15) is 6.42 Å². The molecule has 0 aliphatic carbocycles. The van der Waals surface area contributed by atoms with Crippen LogP contribution in [-0.2, 0) is 17.1 Å². The minimum Gasteiger partial charge on any atom is -0.388 e. The lowest BCUT2D eigenvalue weighted by Crippen LogP contribution is -2.30. The summed E-state index contributed by atoms with van der Waals surface area (Å²) in [6, 6.07) is 0. The maximum Gasteiger partial charge on any atom is 0.245 e. The monoisotopic (exact) mass is 245 g/mol. The van der Waals surface area contributed by atoms with Crippen molar-refractivity contribution in [1.29, 1.82) is 5.41 Å². The van der Waals surface area contributed by atoms with Gasteiger partial charge in [0, 0.05) is 33.3 Å². The Morgan fingerprint density at radius 1 is 1.69 bits per heavy atom. The van der Waals surface area contributed by atoms with Gasteiger partial charge in [-0.25, -0.2) is 12.7 Å². The molecule has 3 N–H and O–H groups in total. The van der Waals surface area contributed by atoms with Crippen molar-refractivity contribution in [3.8, 4) is 0 Å². The first-order chi connectivity index (χ1) is 7.34. The highest BCUT2D eigenvalue weighted by atomic mass is 32.2. The minimum atomic E-state index is -3.52. The van der Waals surface area contributed by atoms with Gasteiger partial charge in [-0.2, -0.15) is 5.10 Å². The number of hydrogen-bond donors (Lipinski definition) is 2. The van der Waals surface area contributed by atoms with Crippen molar-refractivity contribution in [3.05, 3.63) is 12.4 Å². The Morgan fingerprint density at radius 3 is 2.75 bits per heavy atom. The Morgan fingerprint density at radius 2 is 2.31 bits per heavy atom. The largest absolute Gasteiger partial charge is 0.388 e. The fourth-order valence-electron chi connectivity index (χ4n) is 1.11. The molecule has 1 rings (SSSR count). The van der Waals surface area contributed by atoms with Crippen molar-refractivity contribution < 1.29 is 8.42 Å². The molecule has 0 radical (unpaired) electrons. The van der Waals surface area contributed by atoms with E-state index in [9.17, 15) is 8.42 Å². The molecule has 0 aliphatic rings. The van der Waals surface area contributed by atoms with Gasteiger partial charge >= 0.3 is 0 Å². The van der Waals surface area contributed by atoms with E-state index >= 15 is 0 Å². The number of hydrogen-bond acceptors (Lipinski definition) is 4. The van der Waals surface area contributed by atoms with Gasteiger partial charge in [-0.1, -0.05) is 0 Å². The predicted molar refractivity (Wildman–Crippen MR) is 59.6 cm³/mol. The van der Waals surface area contributed by atoms with Crippen LogP contribution in [-0.4, -0.2) is 41.9 Å². The molecule has 0 spiro atoms. The molecule has 0 fully saturated rings. The van der Waals surface area contributed by atoms with Crippen molar-refractivity contribution in [1.82, 2.24) is 14.1 Å². The molecule has 0 amide bonds. The van der Waals surface area contributed by atoms with Crippen molar-refractivity contribution in [3.63, 3.8) is 0 Å². The van der Waals surface area contributed by atoms with Crippen LogP contribution in [0.3, 0.4) is 0 Å². The number of nitrogens with one attached hydrogen (secondary N) is 1. The van der Waals surface area contributed by atoms with Crippen molar-refractivity contribution >= 4 is 15.9 Å². The number of sulfonamides is 1. The molecule has 0 saturated carbocycles. The summed E-state index contributed by atoms with van der Waals surface area (Å²) in [7, 11) is -0.419. The first-order valence-electron chi connectivity index (χ1n) is 4.62. The Bertz CT molecular complexity index is 478. The first-order valence-corrected chi connectivity index (χ1v) is 6.06. The first kappa shape index (κ1) is 12.7. The van der Waals surface area contributed by atoms with E-state index in [0.29, 0.717) is 0 Å². The summed E-state index contributed by atoms with van der Waals surface area (Å²) in [5, 5.41) is 10.8.